The Morgan fingerprint density at radius 1 is 1.44 bits per heavy atom. The van der Waals surface area contributed by atoms with Gasteiger partial charge in [0.15, 0.2) is 5.69 Å². The molecule has 18 heavy (non-hydrogen) atoms. The average Bonchev–Trinajstić information content (AvgIpc) is 3.05. The molecule has 0 aliphatic heterocycles. The molecule has 0 unspecified atom stereocenters. The van der Waals surface area contributed by atoms with E-state index in [1.165, 1.54) is 0 Å². The van der Waals surface area contributed by atoms with E-state index >= 15 is 0 Å². The lowest BCUT2D eigenvalue weighted by Crippen LogP contribution is -2.39. The van der Waals surface area contributed by atoms with E-state index in [4.69, 9.17) is 4.74 Å². The van der Waals surface area contributed by atoms with E-state index < -0.39 is 0 Å². The number of ether oxygens (including phenoxy) is 1. The van der Waals surface area contributed by atoms with E-state index in [-0.39, 0.29) is 5.91 Å². The highest BCUT2D eigenvalue weighted by atomic mass is 16.5. The molecule has 2 saturated carbocycles. The van der Waals surface area contributed by atoms with Gasteiger partial charge in [0.05, 0.1) is 11.8 Å². The number of carbonyl (C=O) groups is 1. The van der Waals surface area contributed by atoms with Gasteiger partial charge in [-0.1, -0.05) is 0 Å². The number of aromatic nitrogens is 3. The lowest BCUT2D eigenvalue weighted by molar-refractivity contribution is 0.00177. The summed E-state index contributed by atoms with van der Waals surface area (Å²) in [6, 6.07) is 0. The fraction of sp³-hybridized carbons (Fsp3) is 0.750. The number of methoxy groups -OCH3 is 1. The molecule has 3 rings (SSSR count). The largest absolute Gasteiger partial charge is 0.381 e. The third kappa shape index (κ3) is 2.25. The highest BCUT2D eigenvalue weighted by Crippen LogP contribution is 2.39. The minimum atomic E-state index is -0.105. The standard InChI is InChI=1S/C12H18N4O2/c1-18-9-4-7(5-9)6-13-12(17)11-10(8-2-3-8)14-16-15-11/h7-9H,2-6H2,1H3,(H,13,17)(H,14,15,16). The zero-order valence-electron chi connectivity index (χ0n) is 10.5. The SMILES string of the molecule is COC1CC(CNC(=O)c2n[nH]nc2C2CC2)C1. The molecule has 0 spiro atoms. The molecule has 2 N–H and O–H groups in total. The molecule has 1 heterocycles. The monoisotopic (exact) mass is 250 g/mol. The van der Waals surface area contributed by atoms with Crippen molar-refractivity contribution in [1.29, 1.82) is 0 Å². The number of carbonyl (C=O) groups excluding carboxylic acids is 1. The molecule has 1 aromatic heterocycles. The maximum atomic E-state index is 12.0. The van der Waals surface area contributed by atoms with Crippen molar-refractivity contribution in [2.24, 2.45) is 5.92 Å². The van der Waals surface area contributed by atoms with Crippen molar-refractivity contribution in [2.45, 2.75) is 37.7 Å². The number of nitrogens with one attached hydrogen (secondary N) is 2. The lowest BCUT2D eigenvalue weighted by atomic mass is 9.82. The van der Waals surface area contributed by atoms with Crippen LogP contribution in [0.2, 0.25) is 0 Å². The smallest absolute Gasteiger partial charge is 0.273 e. The number of aromatic amines is 1. The van der Waals surface area contributed by atoms with Gasteiger partial charge in [0.25, 0.3) is 5.91 Å². The van der Waals surface area contributed by atoms with Gasteiger partial charge in [0.1, 0.15) is 0 Å². The number of nitrogens with zero attached hydrogens (tertiary/aromatic N) is 2. The summed E-state index contributed by atoms with van der Waals surface area (Å²) in [4.78, 5) is 12.0. The molecule has 0 aromatic carbocycles. The molecule has 0 radical (unpaired) electrons. The van der Waals surface area contributed by atoms with Crippen molar-refractivity contribution >= 4 is 5.91 Å². The molecular weight excluding hydrogens is 232 g/mol. The van der Waals surface area contributed by atoms with Crippen LogP contribution in [0.3, 0.4) is 0 Å². The molecule has 1 aromatic rings. The first kappa shape index (κ1) is 11.6. The third-order valence-corrected chi connectivity index (χ3v) is 3.83. The first-order valence-corrected chi connectivity index (χ1v) is 6.49. The minimum absolute atomic E-state index is 0.105. The maximum Gasteiger partial charge on any atom is 0.273 e. The van der Waals surface area contributed by atoms with Crippen LogP contribution >= 0.6 is 0 Å². The highest BCUT2D eigenvalue weighted by molar-refractivity contribution is 5.93. The Hall–Kier alpha value is -1.43. The van der Waals surface area contributed by atoms with Gasteiger partial charge >= 0.3 is 0 Å². The predicted octanol–water partition coefficient (Wildman–Crippen LogP) is 0.837. The van der Waals surface area contributed by atoms with E-state index in [0.29, 0.717) is 30.2 Å². The van der Waals surface area contributed by atoms with Crippen LogP contribution in [0, 0.1) is 5.92 Å². The molecule has 1 amide bonds. The Bertz CT molecular complexity index is 435. The first-order chi connectivity index (χ1) is 8.78. The van der Waals surface area contributed by atoms with E-state index in [1.807, 2.05) is 0 Å². The summed E-state index contributed by atoms with van der Waals surface area (Å²) < 4.78 is 5.21. The summed E-state index contributed by atoms with van der Waals surface area (Å²) >= 11 is 0. The third-order valence-electron chi connectivity index (χ3n) is 3.83. The van der Waals surface area contributed by atoms with E-state index in [9.17, 15) is 4.79 Å². The molecule has 2 aliphatic rings. The topological polar surface area (TPSA) is 79.9 Å². The maximum absolute atomic E-state index is 12.0. The van der Waals surface area contributed by atoms with E-state index in [2.05, 4.69) is 20.7 Å². The van der Waals surface area contributed by atoms with Crippen LogP contribution in [0.5, 0.6) is 0 Å². The van der Waals surface area contributed by atoms with Gasteiger partial charge in [-0.05, 0) is 31.6 Å². The molecule has 0 atom stereocenters. The van der Waals surface area contributed by atoms with Crippen LogP contribution in [0.25, 0.3) is 0 Å². The lowest BCUT2D eigenvalue weighted by Gasteiger charge is -2.34. The van der Waals surface area contributed by atoms with Gasteiger partial charge in [-0.3, -0.25) is 4.79 Å². The van der Waals surface area contributed by atoms with Crippen LogP contribution in [-0.4, -0.2) is 41.1 Å². The molecule has 6 nitrogen and oxygen atoms in total. The normalized spacial score (nSPS) is 26.7. The number of H-pyrrole nitrogens is 1. The van der Waals surface area contributed by atoms with Crippen LogP contribution in [0.4, 0.5) is 0 Å². The highest BCUT2D eigenvalue weighted by Gasteiger charge is 2.33. The van der Waals surface area contributed by atoms with Crippen molar-refractivity contribution in [1.82, 2.24) is 20.7 Å². The molecule has 98 valence electrons. The van der Waals surface area contributed by atoms with Gasteiger partial charge in [0.2, 0.25) is 0 Å². The zero-order valence-corrected chi connectivity index (χ0v) is 10.5. The van der Waals surface area contributed by atoms with Crippen LogP contribution in [0.15, 0.2) is 0 Å². The molecular formula is C12H18N4O2. The van der Waals surface area contributed by atoms with Crippen molar-refractivity contribution < 1.29 is 9.53 Å². The number of rotatable bonds is 5. The summed E-state index contributed by atoms with van der Waals surface area (Å²) in [5.41, 5.74) is 1.30. The molecule has 2 aliphatic carbocycles. The van der Waals surface area contributed by atoms with Crippen molar-refractivity contribution in [3.8, 4) is 0 Å². The van der Waals surface area contributed by atoms with E-state index in [0.717, 1.165) is 31.4 Å². The van der Waals surface area contributed by atoms with Gasteiger partial charge in [-0.15, -0.1) is 0 Å². The van der Waals surface area contributed by atoms with Gasteiger partial charge < -0.3 is 10.1 Å². The molecule has 6 heteroatoms. The van der Waals surface area contributed by atoms with E-state index in [1.54, 1.807) is 7.11 Å². The average molecular weight is 250 g/mol. The molecule has 2 fully saturated rings. The summed E-state index contributed by atoms with van der Waals surface area (Å²) in [5, 5.41) is 13.5. The second kappa shape index (κ2) is 4.68. The Balaban J connectivity index is 1.50. The Kier molecular flexibility index (Phi) is 3.03. The fourth-order valence-electron chi connectivity index (χ4n) is 2.40. The van der Waals surface area contributed by atoms with Gasteiger partial charge in [-0.25, -0.2) is 0 Å². The van der Waals surface area contributed by atoms with Gasteiger partial charge in [0, 0.05) is 19.6 Å². The summed E-state index contributed by atoms with van der Waals surface area (Å²) in [6.07, 6.45) is 4.67. The van der Waals surface area contributed by atoms with Crippen LogP contribution in [0.1, 0.15) is 47.8 Å². The number of hydrogen-bond donors (Lipinski definition) is 2. The summed E-state index contributed by atoms with van der Waals surface area (Å²) in [5.74, 6) is 0.868. The van der Waals surface area contributed by atoms with Gasteiger partial charge in [-0.2, -0.15) is 15.4 Å². The van der Waals surface area contributed by atoms with Crippen molar-refractivity contribution in [2.75, 3.05) is 13.7 Å². The van der Waals surface area contributed by atoms with Crippen LogP contribution in [-0.2, 0) is 4.74 Å². The first-order valence-electron chi connectivity index (χ1n) is 6.49. The minimum Gasteiger partial charge on any atom is -0.381 e. The molecule has 0 saturated heterocycles. The number of hydrogen-bond acceptors (Lipinski definition) is 4. The molecule has 0 bridgehead atoms. The second-order valence-corrected chi connectivity index (χ2v) is 5.24. The second-order valence-electron chi connectivity index (χ2n) is 5.24. The summed E-state index contributed by atoms with van der Waals surface area (Å²) in [6.45, 7) is 0.704. The number of amides is 1. The predicted molar refractivity (Wildman–Crippen MR) is 64.2 cm³/mol. The summed E-state index contributed by atoms with van der Waals surface area (Å²) in [7, 11) is 1.73. The Morgan fingerprint density at radius 2 is 2.22 bits per heavy atom. The Labute approximate surface area is 105 Å². The van der Waals surface area contributed by atoms with Crippen LogP contribution < -0.4 is 5.32 Å². The van der Waals surface area contributed by atoms with Crippen molar-refractivity contribution in [3.63, 3.8) is 0 Å². The quantitative estimate of drug-likeness (QED) is 0.811. The Morgan fingerprint density at radius 3 is 2.89 bits per heavy atom. The fourth-order valence-corrected chi connectivity index (χ4v) is 2.40. The van der Waals surface area contributed by atoms with Crippen molar-refractivity contribution in [3.05, 3.63) is 11.4 Å². The zero-order chi connectivity index (χ0) is 12.5.